The lowest BCUT2D eigenvalue weighted by atomic mass is 10.3. The highest BCUT2D eigenvalue weighted by atomic mass is 32.2. The molecule has 1 aliphatic heterocycles. The van der Waals surface area contributed by atoms with Gasteiger partial charge in [-0.25, -0.2) is 8.42 Å². The highest BCUT2D eigenvalue weighted by molar-refractivity contribution is 7.89. The first-order valence-electron chi connectivity index (χ1n) is 6.98. The Balaban J connectivity index is 2.11. The molecule has 0 atom stereocenters. The minimum absolute atomic E-state index is 0.0975. The Bertz CT molecular complexity index is 547. The van der Waals surface area contributed by atoms with Crippen LogP contribution in [0.25, 0.3) is 0 Å². The number of aliphatic hydroxyl groups is 1. The number of rotatable bonds is 5. The lowest BCUT2D eigenvalue weighted by Crippen LogP contribution is -2.35. The number of benzene rings is 1. The molecular weight excluding hydrogens is 292 g/mol. The summed E-state index contributed by atoms with van der Waals surface area (Å²) in [5.74, 6) is 5.28. The molecule has 7 nitrogen and oxygen atoms in total. The standard InChI is InChI=1S/C13H22N4O3S/c14-15-12-2-4-13(5-3-12)21(19,20)17-7-1-6-16(8-9-17)10-11-18/h2-5,15,18H,1,6-11,14H2. The molecule has 21 heavy (non-hydrogen) atoms. The zero-order chi connectivity index (χ0) is 15.3. The monoisotopic (exact) mass is 314 g/mol. The quantitative estimate of drug-likeness (QED) is 0.508. The third-order valence-corrected chi connectivity index (χ3v) is 5.54. The van der Waals surface area contributed by atoms with Crippen LogP contribution in [0.5, 0.6) is 0 Å². The van der Waals surface area contributed by atoms with E-state index in [9.17, 15) is 8.42 Å². The number of nitrogens with two attached hydrogens (primary N) is 1. The molecule has 0 spiro atoms. The first-order valence-corrected chi connectivity index (χ1v) is 8.42. The topological polar surface area (TPSA) is 98.9 Å². The van der Waals surface area contributed by atoms with Crippen molar-refractivity contribution in [3.05, 3.63) is 24.3 Å². The fraction of sp³-hybridized carbons (Fsp3) is 0.538. The van der Waals surface area contributed by atoms with Gasteiger partial charge in [0.05, 0.1) is 11.5 Å². The van der Waals surface area contributed by atoms with Crippen LogP contribution in [0.1, 0.15) is 6.42 Å². The number of aliphatic hydroxyl groups excluding tert-OH is 1. The van der Waals surface area contributed by atoms with E-state index in [2.05, 4.69) is 10.3 Å². The minimum Gasteiger partial charge on any atom is -0.395 e. The van der Waals surface area contributed by atoms with E-state index >= 15 is 0 Å². The fourth-order valence-corrected chi connectivity index (χ4v) is 3.89. The van der Waals surface area contributed by atoms with E-state index in [-0.39, 0.29) is 11.5 Å². The molecule has 1 saturated heterocycles. The molecule has 1 aliphatic rings. The van der Waals surface area contributed by atoms with Crippen molar-refractivity contribution in [2.24, 2.45) is 5.84 Å². The second-order valence-electron chi connectivity index (χ2n) is 4.99. The van der Waals surface area contributed by atoms with Gasteiger partial charge < -0.3 is 10.5 Å². The van der Waals surface area contributed by atoms with Crippen LogP contribution in [0.15, 0.2) is 29.2 Å². The summed E-state index contributed by atoms with van der Waals surface area (Å²) in [5.41, 5.74) is 3.14. The van der Waals surface area contributed by atoms with Gasteiger partial charge in [-0.05, 0) is 37.2 Å². The smallest absolute Gasteiger partial charge is 0.243 e. The average molecular weight is 314 g/mol. The van der Waals surface area contributed by atoms with Crippen molar-refractivity contribution in [3.8, 4) is 0 Å². The van der Waals surface area contributed by atoms with E-state index in [0.717, 1.165) is 13.0 Å². The van der Waals surface area contributed by atoms with Crippen LogP contribution in [0.3, 0.4) is 0 Å². The molecule has 4 N–H and O–H groups in total. The van der Waals surface area contributed by atoms with Crippen LogP contribution < -0.4 is 11.3 Å². The SMILES string of the molecule is NNc1ccc(S(=O)(=O)N2CCCN(CCO)CC2)cc1. The normalized spacial score (nSPS) is 18.4. The van der Waals surface area contributed by atoms with Crippen molar-refractivity contribution >= 4 is 15.7 Å². The molecule has 1 fully saturated rings. The van der Waals surface area contributed by atoms with E-state index in [0.29, 0.717) is 31.9 Å². The number of hydrazine groups is 1. The molecule has 118 valence electrons. The van der Waals surface area contributed by atoms with Crippen molar-refractivity contribution in [1.82, 2.24) is 9.21 Å². The molecule has 0 amide bonds. The average Bonchev–Trinajstić information content (AvgIpc) is 2.74. The Labute approximate surface area is 125 Å². The van der Waals surface area contributed by atoms with Crippen LogP contribution in [-0.4, -0.2) is 62.1 Å². The first-order chi connectivity index (χ1) is 10.1. The molecule has 1 heterocycles. The highest BCUT2D eigenvalue weighted by Gasteiger charge is 2.26. The summed E-state index contributed by atoms with van der Waals surface area (Å²) in [7, 11) is -3.47. The van der Waals surface area contributed by atoms with Crippen LogP contribution in [0.2, 0.25) is 0 Å². The highest BCUT2D eigenvalue weighted by Crippen LogP contribution is 2.19. The van der Waals surface area contributed by atoms with Crippen LogP contribution in [0.4, 0.5) is 5.69 Å². The van der Waals surface area contributed by atoms with Crippen molar-refractivity contribution in [2.45, 2.75) is 11.3 Å². The Kier molecular flexibility index (Phi) is 5.54. The number of nitrogens with one attached hydrogen (secondary N) is 1. The summed E-state index contributed by atoms with van der Waals surface area (Å²) in [5, 5.41) is 8.97. The van der Waals surface area contributed by atoms with Gasteiger partial charge in [0.1, 0.15) is 0 Å². The van der Waals surface area contributed by atoms with Crippen LogP contribution >= 0.6 is 0 Å². The molecule has 0 bridgehead atoms. The summed E-state index contributed by atoms with van der Waals surface area (Å²) >= 11 is 0. The van der Waals surface area contributed by atoms with Crippen molar-refractivity contribution in [2.75, 3.05) is 44.8 Å². The van der Waals surface area contributed by atoms with Gasteiger partial charge in [0.2, 0.25) is 10.0 Å². The summed E-state index contributed by atoms with van der Waals surface area (Å²) in [4.78, 5) is 2.36. The Morgan fingerprint density at radius 2 is 1.86 bits per heavy atom. The molecule has 8 heteroatoms. The lowest BCUT2D eigenvalue weighted by molar-refractivity contribution is 0.202. The van der Waals surface area contributed by atoms with Gasteiger partial charge in [-0.1, -0.05) is 0 Å². The first kappa shape index (κ1) is 16.2. The summed E-state index contributed by atoms with van der Waals surface area (Å²) in [6.07, 6.45) is 0.766. The van der Waals surface area contributed by atoms with E-state index in [4.69, 9.17) is 10.9 Å². The number of nitrogen functional groups attached to an aromatic ring is 1. The van der Waals surface area contributed by atoms with Crippen LogP contribution in [-0.2, 0) is 10.0 Å². The van der Waals surface area contributed by atoms with Gasteiger partial charge in [0.25, 0.3) is 0 Å². The van der Waals surface area contributed by atoms with Gasteiger partial charge in [-0.15, -0.1) is 0 Å². The largest absolute Gasteiger partial charge is 0.395 e. The fourth-order valence-electron chi connectivity index (χ4n) is 2.42. The molecule has 0 aromatic heterocycles. The van der Waals surface area contributed by atoms with Gasteiger partial charge in [0.15, 0.2) is 0 Å². The molecule has 1 aromatic rings. The predicted octanol–water partition coefficient (Wildman–Crippen LogP) is -0.339. The Morgan fingerprint density at radius 1 is 1.14 bits per heavy atom. The molecular formula is C13H22N4O3S. The zero-order valence-corrected chi connectivity index (χ0v) is 12.7. The molecule has 0 saturated carbocycles. The van der Waals surface area contributed by atoms with E-state index in [1.807, 2.05) is 0 Å². The van der Waals surface area contributed by atoms with Gasteiger partial charge in [-0.2, -0.15) is 4.31 Å². The van der Waals surface area contributed by atoms with Crippen LogP contribution in [0, 0.1) is 0 Å². The van der Waals surface area contributed by atoms with Crippen molar-refractivity contribution in [1.29, 1.82) is 0 Å². The number of β-amino-alcohol motifs (C(OH)–C–C–N with tert-alkyl or cyclic N) is 1. The molecule has 0 radical (unpaired) electrons. The van der Waals surface area contributed by atoms with E-state index in [1.165, 1.54) is 4.31 Å². The summed E-state index contributed by atoms with van der Waals surface area (Å²) in [6, 6.07) is 6.40. The minimum atomic E-state index is -3.47. The molecule has 1 aromatic carbocycles. The van der Waals surface area contributed by atoms with Crippen molar-refractivity contribution < 1.29 is 13.5 Å². The second kappa shape index (κ2) is 7.19. The molecule has 2 rings (SSSR count). The Hall–Kier alpha value is -1.19. The van der Waals surface area contributed by atoms with E-state index < -0.39 is 10.0 Å². The third-order valence-electron chi connectivity index (χ3n) is 3.62. The Morgan fingerprint density at radius 3 is 2.48 bits per heavy atom. The maximum Gasteiger partial charge on any atom is 0.243 e. The molecule has 0 unspecified atom stereocenters. The number of anilines is 1. The number of nitrogens with zero attached hydrogens (tertiary/aromatic N) is 2. The lowest BCUT2D eigenvalue weighted by Gasteiger charge is -2.21. The van der Waals surface area contributed by atoms with Gasteiger partial charge in [0, 0.05) is 31.9 Å². The maximum absolute atomic E-state index is 12.6. The summed E-state index contributed by atoms with van der Waals surface area (Å²) < 4.78 is 26.7. The second-order valence-corrected chi connectivity index (χ2v) is 6.93. The van der Waals surface area contributed by atoms with Gasteiger partial charge >= 0.3 is 0 Å². The predicted molar refractivity (Wildman–Crippen MR) is 81.2 cm³/mol. The maximum atomic E-state index is 12.6. The third kappa shape index (κ3) is 3.92. The number of hydrogen-bond donors (Lipinski definition) is 3. The van der Waals surface area contributed by atoms with E-state index in [1.54, 1.807) is 24.3 Å². The van der Waals surface area contributed by atoms with Gasteiger partial charge in [-0.3, -0.25) is 10.7 Å². The molecule has 0 aliphatic carbocycles. The number of hydrogen-bond acceptors (Lipinski definition) is 6. The zero-order valence-electron chi connectivity index (χ0n) is 11.9. The summed E-state index contributed by atoms with van der Waals surface area (Å²) in [6.45, 7) is 3.08. The van der Waals surface area contributed by atoms with Crippen molar-refractivity contribution in [3.63, 3.8) is 0 Å². The number of sulfonamides is 1.